The predicted molar refractivity (Wildman–Crippen MR) is 298 cm³/mol. The summed E-state index contributed by atoms with van der Waals surface area (Å²) in [6.07, 6.45) is 48.8. The number of aliphatic carboxylic acids is 1. The molecular formula is C62H118N2O6. The number of carbonyl (C=O) groups excluding carboxylic acids is 4. The Balaban J connectivity index is 6.43. The smallest absolute Gasteiger partial charge is 0.338 e. The topological polar surface area (TPSA) is 135 Å². The van der Waals surface area contributed by atoms with Crippen molar-refractivity contribution < 1.29 is 29.1 Å². The van der Waals surface area contributed by atoms with Gasteiger partial charge in [-0.05, 0) is 45.1 Å². The number of amides is 2. The Bertz CT molecular complexity index is 1200. The van der Waals surface area contributed by atoms with Crippen LogP contribution in [-0.2, 0) is 24.0 Å². The Kier molecular flexibility index (Phi) is 48.9. The summed E-state index contributed by atoms with van der Waals surface area (Å²) in [6.45, 7) is 9.15. The van der Waals surface area contributed by atoms with Crippen LogP contribution in [0.15, 0.2) is 0 Å². The van der Waals surface area contributed by atoms with Gasteiger partial charge in [-0.3, -0.25) is 24.1 Å². The van der Waals surface area contributed by atoms with E-state index >= 15 is 4.79 Å². The third-order valence-corrected chi connectivity index (χ3v) is 15.2. The second kappa shape index (κ2) is 50.4. The summed E-state index contributed by atoms with van der Waals surface area (Å²) in [7, 11) is 0. The zero-order chi connectivity index (χ0) is 51.6. The molecule has 0 spiro atoms. The number of carbonyl (C=O) groups is 5. The van der Waals surface area contributed by atoms with Crippen LogP contribution >= 0.6 is 0 Å². The number of unbranched alkanes of at least 4 members (excludes halogenated alkanes) is 40. The van der Waals surface area contributed by atoms with Gasteiger partial charge in [-0.15, -0.1) is 0 Å². The lowest BCUT2D eigenvalue weighted by molar-refractivity contribution is -0.177. The van der Waals surface area contributed by atoms with Crippen molar-refractivity contribution >= 4 is 29.4 Å². The molecule has 0 bridgehead atoms. The van der Waals surface area contributed by atoms with E-state index in [9.17, 15) is 24.3 Å². The maximum absolute atomic E-state index is 15.1. The zero-order valence-corrected chi connectivity index (χ0v) is 47.2. The maximum Gasteiger partial charge on any atom is 0.338 e. The van der Waals surface area contributed by atoms with Gasteiger partial charge in [0.2, 0.25) is 17.4 Å². The Morgan fingerprint density at radius 3 is 0.857 bits per heavy atom. The van der Waals surface area contributed by atoms with Gasteiger partial charge >= 0.3 is 5.97 Å². The Morgan fingerprint density at radius 2 is 0.600 bits per heavy atom. The average Bonchev–Trinajstić information content (AvgIpc) is 3.35. The molecule has 0 aromatic carbocycles. The van der Waals surface area contributed by atoms with E-state index in [2.05, 4.69) is 27.7 Å². The monoisotopic (exact) mass is 987 g/mol. The van der Waals surface area contributed by atoms with Crippen molar-refractivity contribution in [1.29, 1.82) is 0 Å². The summed E-state index contributed by atoms with van der Waals surface area (Å²) in [5, 5.41) is 11.6. The number of imide groups is 1. The zero-order valence-electron chi connectivity index (χ0n) is 47.2. The molecule has 0 radical (unpaired) electrons. The lowest BCUT2D eigenvalue weighted by Crippen LogP contribution is -2.69. The first kappa shape index (κ1) is 67.9. The highest BCUT2D eigenvalue weighted by atomic mass is 16.4. The van der Waals surface area contributed by atoms with Crippen molar-refractivity contribution in [3.05, 3.63) is 0 Å². The van der Waals surface area contributed by atoms with Crippen LogP contribution in [0.3, 0.4) is 0 Å². The maximum atomic E-state index is 15.1. The van der Waals surface area contributed by atoms with Gasteiger partial charge in [0.15, 0.2) is 5.78 Å². The highest BCUT2D eigenvalue weighted by Crippen LogP contribution is 2.37. The van der Waals surface area contributed by atoms with Gasteiger partial charge in [-0.2, -0.15) is 0 Å². The second-order valence-electron chi connectivity index (χ2n) is 21.7. The summed E-state index contributed by atoms with van der Waals surface area (Å²) < 4.78 is 0. The quantitative estimate of drug-likeness (QED) is 0.0458. The molecule has 0 aromatic rings. The molecule has 0 fully saturated rings. The first-order chi connectivity index (χ1) is 34.2. The predicted octanol–water partition coefficient (Wildman–Crippen LogP) is 18.5. The van der Waals surface area contributed by atoms with E-state index in [1.54, 1.807) is 0 Å². The molecule has 8 nitrogen and oxygen atoms in total. The number of rotatable bonds is 56. The molecule has 2 atom stereocenters. The van der Waals surface area contributed by atoms with E-state index in [-0.39, 0.29) is 44.4 Å². The molecule has 70 heavy (non-hydrogen) atoms. The number of nitrogens with two attached hydrogens (primary N) is 1. The van der Waals surface area contributed by atoms with Gasteiger partial charge in [-0.25, -0.2) is 4.79 Å². The molecule has 0 saturated carbocycles. The van der Waals surface area contributed by atoms with Crippen LogP contribution in [0, 0.1) is 5.92 Å². The molecule has 2 amide bonds. The molecule has 0 aromatic heterocycles. The molecule has 0 aliphatic carbocycles. The van der Waals surface area contributed by atoms with Gasteiger partial charge in [0.1, 0.15) is 5.78 Å². The Hall–Kier alpha value is -2.09. The summed E-state index contributed by atoms with van der Waals surface area (Å²) in [5.41, 5.74) is 3.50. The van der Waals surface area contributed by atoms with E-state index < -0.39 is 35.0 Å². The summed E-state index contributed by atoms with van der Waals surface area (Å²) in [5.74, 6) is -5.08. The van der Waals surface area contributed by atoms with Crippen molar-refractivity contribution in [3.63, 3.8) is 0 Å². The Morgan fingerprint density at radius 1 is 0.357 bits per heavy atom. The van der Waals surface area contributed by atoms with E-state index in [1.807, 2.05) is 0 Å². The minimum Gasteiger partial charge on any atom is -0.479 e. The number of ketones is 2. The largest absolute Gasteiger partial charge is 0.479 e. The molecule has 0 heterocycles. The lowest BCUT2D eigenvalue weighted by Gasteiger charge is -2.43. The molecule has 0 saturated heterocycles. The highest BCUT2D eigenvalue weighted by molar-refractivity contribution is 6.18. The minimum absolute atomic E-state index is 0.0157. The average molecular weight is 988 g/mol. The van der Waals surface area contributed by atoms with Crippen LogP contribution < -0.4 is 5.73 Å². The number of Topliss-reactive ketones (excluding diaryl/α,β-unsaturated/α-hetero) is 2. The van der Waals surface area contributed by atoms with Crippen LogP contribution in [-0.4, -0.2) is 51.4 Å². The first-order valence-electron chi connectivity index (χ1n) is 31.1. The van der Waals surface area contributed by atoms with Crippen LogP contribution in [0.4, 0.5) is 0 Å². The molecule has 0 rings (SSSR count). The van der Waals surface area contributed by atoms with Gasteiger partial charge in [-0.1, -0.05) is 285 Å². The van der Waals surface area contributed by atoms with Crippen LogP contribution in [0.1, 0.15) is 349 Å². The number of hydrogen-bond donors (Lipinski definition) is 2. The summed E-state index contributed by atoms with van der Waals surface area (Å²) in [6, 6.07) is 0. The number of nitrogens with zero attached hydrogens (tertiary/aromatic N) is 1. The third-order valence-electron chi connectivity index (χ3n) is 15.2. The molecule has 0 aliphatic rings. The molecule has 8 heteroatoms. The van der Waals surface area contributed by atoms with Crippen molar-refractivity contribution in [3.8, 4) is 0 Å². The van der Waals surface area contributed by atoms with E-state index in [0.717, 1.165) is 101 Å². The first-order valence-corrected chi connectivity index (χ1v) is 31.1. The minimum atomic E-state index is -2.58. The standard InChI is InChI=1S/C62H118N2O6/c1-5-9-13-17-21-25-29-33-37-41-45-51-57(65)56(50-49-55-63)62(61(69)70,58(66)52-46-42-38-34-30-26-22-18-14-10-6-2)64(59(67)53-47-43-39-35-31-27-23-19-15-11-7-3)60(68)54-48-44-40-36-32-28-24-20-16-12-8-4/h56H,5-55,63H2,1-4H3,(H,69,70)/t56?,62-/m1/s1. The van der Waals surface area contributed by atoms with Gasteiger partial charge in [0, 0.05) is 25.7 Å². The van der Waals surface area contributed by atoms with E-state index in [0.29, 0.717) is 32.1 Å². The SMILES string of the molecule is CCCCCCCCCCCCCC(=O)C(CCCN)[C@](C(=O)O)(C(=O)CCCCCCCCCCCCC)N(C(=O)CCCCCCCCCCCCC)C(=O)CCCCCCCCCCCCC. The molecule has 412 valence electrons. The molecular weight excluding hydrogens is 869 g/mol. The third kappa shape index (κ3) is 34.4. The molecule has 1 unspecified atom stereocenters. The molecule has 3 N–H and O–H groups in total. The van der Waals surface area contributed by atoms with Gasteiger partial charge < -0.3 is 10.8 Å². The van der Waals surface area contributed by atoms with Gasteiger partial charge in [0.25, 0.3) is 0 Å². The highest BCUT2D eigenvalue weighted by Gasteiger charge is 2.61. The lowest BCUT2D eigenvalue weighted by atomic mass is 9.71. The fourth-order valence-corrected chi connectivity index (χ4v) is 10.7. The molecule has 0 aliphatic heterocycles. The van der Waals surface area contributed by atoms with Crippen molar-refractivity contribution in [2.24, 2.45) is 11.7 Å². The van der Waals surface area contributed by atoms with Crippen LogP contribution in [0.25, 0.3) is 0 Å². The van der Waals surface area contributed by atoms with E-state index in [4.69, 9.17) is 5.73 Å². The number of carboxylic acids is 1. The van der Waals surface area contributed by atoms with Crippen LogP contribution in [0.5, 0.6) is 0 Å². The van der Waals surface area contributed by atoms with Crippen molar-refractivity contribution in [2.45, 2.75) is 354 Å². The Labute approximate surface area is 434 Å². The van der Waals surface area contributed by atoms with Crippen molar-refractivity contribution in [1.82, 2.24) is 4.90 Å². The number of hydrogen-bond acceptors (Lipinski definition) is 6. The fraction of sp³-hybridized carbons (Fsp3) is 0.919. The van der Waals surface area contributed by atoms with E-state index in [1.165, 1.54) is 161 Å². The summed E-state index contributed by atoms with van der Waals surface area (Å²) >= 11 is 0. The fourth-order valence-electron chi connectivity index (χ4n) is 10.7. The summed E-state index contributed by atoms with van der Waals surface area (Å²) in [4.78, 5) is 74.5. The number of carboxylic acid groups (broad SMARTS) is 1. The van der Waals surface area contributed by atoms with Gasteiger partial charge in [0.05, 0.1) is 5.92 Å². The van der Waals surface area contributed by atoms with Crippen molar-refractivity contribution in [2.75, 3.05) is 6.54 Å². The second-order valence-corrected chi connectivity index (χ2v) is 21.7. The normalized spacial score (nSPS) is 12.8. The van der Waals surface area contributed by atoms with Crippen LogP contribution in [0.2, 0.25) is 0 Å².